The van der Waals surface area contributed by atoms with Gasteiger partial charge in [0.2, 0.25) is 0 Å². The lowest BCUT2D eigenvalue weighted by molar-refractivity contribution is 0.277. The van der Waals surface area contributed by atoms with Crippen molar-refractivity contribution in [2.45, 2.75) is 24.9 Å². The second-order valence-corrected chi connectivity index (χ2v) is 6.40. The summed E-state index contributed by atoms with van der Waals surface area (Å²) in [5, 5.41) is -0.103. The topological polar surface area (TPSA) is 89.2 Å². The maximum absolute atomic E-state index is 12.3. The minimum Gasteiger partial charge on any atom is -0.330 e. The van der Waals surface area contributed by atoms with Gasteiger partial charge in [-0.25, -0.2) is 18.4 Å². The Balaban J connectivity index is 0.00000180. The Hall–Kier alpha value is -0.760. The number of aryl methyl sites for hydroxylation is 1. The predicted octanol–water partition coefficient (Wildman–Crippen LogP) is 0.566. The Kier molecular flexibility index (Phi) is 5.66. The highest BCUT2D eigenvalue weighted by Crippen LogP contribution is 2.21. The van der Waals surface area contributed by atoms with Gasteiger partial charge in [-0.3, -0.25) is 0 Å². The summed E-state index contributed by atoms with van der Waals surface area (Å²) in [5.41, 5.74) is 6.25. The van der Waals surface area contributed by atoms with Gasteiger partial charge in [0.25, 0.3) is 15.2 Å². The summed E-state index contributed by atoms with van der Waals surface area (Å²) < 4.78 is 26.1. The maximum Gasteiger partial charge on any atom is 0.278 e. The Morgan fingerprint density at radius 3 is 2.58 bits per heavy atom. The van der Waals surface area contributed by atoms with E-state index in [0.717, 1.165) is 12.8 Å². The van der Waals surface area contributed by atoms with Crippen molar-refractivity contribution in [1.29, 1.82) is 0 Å². The lowest BCUT2D eigenvalue weighted by Crippen LogP contribution is -2.40. The number of hydrogen-bond donors (Lipinski definition) is 1. The Bertz CT molecular complexity index is 515. The van der Waals surface area contributed by atoms with Gasteiger partial charge < -0.3 is 5.73 Å². The van der Waals surface area contributed by atoms with Crippen molar-refractivity contribution in [3.63, 3.8) is 0 Å². The van der Waals surface area contributed by atoms with Gasteiger partial charge in [0.15, 0.2) is 0 Å². The van der Waals surface area contributed by atoms with Gasteiger partial charge in [-0.2, -0.15) is 4.31 Å². The van der Waals surface area contributed by atoms with Crippen molar-refractivity contribution in [1.82, 2.24) is 14.3 Å². The average Bonchev–Trinajstić information content (AvgIpc) is 2.39. The molecule has 6 nitrogen and oxygen atoms in total. The largest absolute Gasteiger partial charge is 0.330 e. The number of sulfonamides is 1. The number of nitrogens with zero attached hydrogens (tertiary/aromatic N) is 3. The SMILES string of the molecule is Cc1ccnc(S(=O)(=O)N2CCC(CN)CC2)n1.Cl. The summed E-state index contributed by atoms with van der Waals surface area (Å²) in [6.07, 6.45) is 3.09. The second kappa shape index (κ2) is 6.60. The fourth-order valence-corrected chi connectivity index (χ4v) is 3.43. The molecule has 0 spiro atoms. The van der Waals surface area contributed by atoms with Crippen molar-refractivity contribution >= 4 is 22.4 Å². The van der Waals surface area contributed by atoms with Crippen LogP contribution in [0.4, 0.5) is 0 Å². The van der Waals surface area contributed by atoms with Crippen LogP contribution in [0.5, 0.6) is 0 Å². The van der Waals surface area contributed by atoms with E-state index in [1.807, 2.05) is 0 Å². The van der Waals surface area contributed by atoms with Gasteiger partial charge in [0.05, 0.1) is 0 Å². The average molecular weight is 307 g/mol. The first-order valence-corrected chi connectivity index (χ1v) is 7.48. The molecule has 2 rings (SSSR count). The molecule has 2 heterocycles. The van der Waals surface area contributed by atoms with E-state index in [1.165, 1.54) is 10.5 Å². The normalized spacial score (nSPS) is 18.0. The van der Waals surface area contributed by atoms with Crippen LogP contribution in [0.3, 0.4) is 0 Å². The molecule has 2 N–H and O–H groups in total. The summed E-state index contributed by atoms with van der Waals surface area (Å²) in [6.45, 7) is 3.37. The Morgan fingerprint density at radius 2 is 2.05 bits per heavy atom. The molecule has 19 heavy (non-hydrogen) atoms. The fraction of sp³-hybridized carbons (Fsp3) is 0.636. The van der Waals surface area contributed by atoms with Crippen molar-refractivity contribution in [2.24, 2.45) is 11.7 Å². The molecule has 108 valence electrons. The second-order valence-electron chi connectivity index (χ2n) is 4.56. The van der Waals surface area contributed by atoms with Gasteiger partial charge in [-0.15, -0.1) is 12.4 Å². The number of halogens is 1. The van der Waals surface area contributed by atoms with Crippen molar-refractivity contribution in [2.75, 3.05) is 19.6 Å². The molecular weight excluding hydrogens is 288 g/mol. The van der Waals surface area contributed by atoms with Gasteiger partial charge in [-0.05, 0) is 38.3 Å². The quantitative estimate of drug-likeness (QED) is 0.825. The Morgan fingerprint density at radius 1 is 1.42 bits per heavy atom. The summed E-state index contributed by atoms with van der Waals surface area (Å²) >= 11 is 0. The molecule has 0 saturated carbocycles. The van der Waals surface area contributed by atoms with Crippen LogP contribution in [0.15, 0.2) is 17.4 Å². The van der Waals surface area contributed by atoms with E-state index in [1.54, 1.807) is 13.0 Å². The molecule has 0 amide bonds. The van der Waals surface area contributed by atoms with E-state index in [9.17, 15) is 8.42 Å². The predicted molar refractivity (Wildman–Crippen MR) is 74.6 cm³/mol. The lowest BCUT2D eigenvalue weighted by atomic mass is 9.99. The van der Waals surface area contributed by atoms with Crippen LogP contribution < -0.4 is 5.73 Å². The zero-order valence-corrected chi connectivity index (χ0v) is 12.5. The van der Waals surface area contributed by atoms with Gasteiger partial charge in [0.1, 0.15) is 0 Å². The third-order valence-corrected chi connectivity index (χ3v) is 4.95. The molecule has 1 aromatic rings. The standard InChI is InChI=1S/C11H18N4O2S.ClH/c1-9-2-5-13-11(14-9)18(16,17)15-6-3-10(8-12)4-7-15;/h2,5,10H,3-4,6-8,12H2,1H3;1H. The summed E-state index contributed by atoms with van der Waals surface area (Å²) in [7, 11) is -3.55. The van der Waals surface area contributed by atoms with Crippen LogP contribution in [0.25, 0.3) is 0 Å². The van der Waals surface area contributed by atoms with E-state index < -0.39 is 10.0 Å². The molecule has 0 radical (unpaired) electrons. The molecule has 8 heteroatoms. The fourth-order valence-electron chi connectivity index (χ4n) is 2.05. The highest BCUT2D eigenvalue weighted by molar-refractivity contribution is 7.88. The first kappa shape index (κ1) is 16.3. The van der Waals surface area contributed by atoms with Crippen LogP contribution in [0.1, 0.15) is 18.5 Å². The summed E-state index contributed by atoms with van der Waals surface area (Å²) in [4.78, 5) is 7.85. The number of nitrogens with two attached hydrogens (primary N) is 1. The molecule has 0 aromatic carbocycles. The molecule has 0 atom stereocenters. The molecule has 1 saturated heterocycles. The van der Waals surface area contributed by atoms with Gasteiger partial charge in [0, 0.05) is 25.0 Å². The lowest BCUT2D eigenvalue weighted by Gasteiger charge is -2.29. The molecule has 1 aliphatic rings. The van der Waals surface area contributed by atoms with Crippen molar-refractivity contribution in [3.05, 3.63) is 18.0 Å². The van der Waals surface area contributed by atoms with E-state index in [0.29, 0.717) is 31.2 Å². The molecule has 1 aromatic heterocycles. The van der Waals surface area contributed by atoms with E-state index in [-0.39, 0.29) is 17.6 Å². The van der Waals surface area contributed by atoms with Gasteiger partial charge in [-0.1, -0.05) is 0 Å². The highest BCUT2D eigenvalue weighted by Gasteiger charge is 2.30. The molecule has 0 unspecified atom stereocenters. The van der Waals surface area contributed by atoms with Crippen molar-refractivity contribution in [3.8, 4) is 0 Å². The zero-order chi connectivity index (χ0) is 13.2. The minimum atomic E-state index is -3.55. The number of hydrogen-bond acceptors (Lipinski definition) is 5. The van der Waals surface area contributed by atoms with Crippen LogP contribution in [-0.4, -0.2) is 42.3 Å². The zero-order valence-electron chi connectivity index (χ0n) is 10.8. The molecule has 0 aliphatic carbocycles. The third kappa shape index (κ3) is 3.62. The molecule has 1 fully saturated rings. The van der Waals surface area contributed by atoms with Crippen LogP contribution >= 0.6 is 12.4 Å². The monoisotopic (exact) mass is 306 g/mol. The van der Waals surface area contributed by atoms with Crippen LogP contribution in [0, 0.1) is 12.8 Å². The van der Waals surface area contributed by atoms with Crippen LogP contribution in [0.2, 0.25) is 0 Å². The number of rotatable bonds is 3. The third-order valence-electron chi connectivity index (χ3n) is 3.25. The smallest absolute Gasteiger partial charge is 0.278 e. The van der Waals surface area contributed by atoms with E-state index in [2.05, 4.69) is 9.97 Å². The van der Waals surface area contributed by atoms with E-state index >= 15 is 0 Å². The first-order valence-electron chi connectivity index (χ1n) is 6.04. The maximum atomic E-state index is 12.3. The molecule has 1 aliphatic heterocycles. The summed E-state index contributed by atoms with van der Waals surface area (Å²) in [6, 6.07) is 1.68. The number of piperidine rings is 1. The van der Waals surface area contributed by atoms with Gasteiger partial charge >= 0.3 is 0 Å². The number of aromatic nitrogens is 2. The molecule has 0 bridgehead atoms. The minimum absolute atomic E-state index is 0. The Labute approximate surface area is 119 Å². The highest BCUT2D eigenvalue weighted by atomic mass is 35.5. The molecular formula is C11H19ClN4O2S. The summed E-state index contributed by atoms with van der Waals surface area (Å²) in [5.74, 6) is 0.426. The van der Waals surface area contributed by atoms with Crippen LogP contribution in [-0.2, 0) is 10.0 Å². The van der Waals surface area contributed by atoms with Crippen molar-refractivity contribution < 1.29 is 8.42 Å². The first-order chi connectivity index (χ1) is 8.54. The van der Waals surface area contributed by atoms with E-state index in [4.69, 9.17) is 5.73 Å².